The Labute approximate surface area is 216 Å². The lowest BCUT2D eigenvalue weighted by atomic mass is 10.1. The van der Waals surface area contributed by atoms with Crippen molar-refractivity contribution in [3.63, 3.8) is 0 Å². The average molecular weight is 575 g/mol. The van der Waals surface area contributed by atoms with Crippen LogP contribution in [-0.2, 0) is 13.1 Å². The van der Waals surface area contributed by atoms with Crippen LogP contribution in [0.25, 0.3) is 0 Å². The Bertz CT molecular complexity index is 1080. The highest BCUT2D eigenvalue weighted by Crippen LogP contribution is 2.12. The van der Waals surface area contributed by atoms with Crippen molar-refractivity contribution < 1.29 is 14.0 Å². The lowest BCUT2D eigenvalue weighted by Crippen LogP contribution is -2.36. The molecule has 0 aliphatic rings. The maximum Gasteiger partial charge on any atom is 0.291 e. The molecule has 9 heteroatoms. The predicted molar refractivity (Wildman–Crippen MR) is 145 cm³/mol. The number of furan rings is 1. The Morgan fingerprint density at radius 3 is 2.21 bits per heavy atom. The van der Waals surface area contributed by atoms with Crippen molar-refractivity contribution in [1.29, 1.82) is 0 Å². The van der Waals surface area contributed by atoms with Gasteiger partial charge in [0.1, 0.15) is 0 Å². The number of guanidine groups is 1. The van der Waals surface area contributed by atoms with Crippen LogP contribution in [0.15, 0.2) is 76.3 Å². The summed E-state index contributed by atoms with van der Waals surface area (Å²) < 4.78 is 5.10. The average Bonchev–Trinajstić information content (AvgIpc) is 3.37. The third-order valence-electron chi connectivity index (χ3n) is 4.79. The molecule has 0 spiro atoms. The van der Waals surface area contributed by atoms with Gasteiger partial charge < -0.3 is 25.3 Å². The van der Waals surface area contributed by atoms with E-state index in [4.69, 9.17) is 4.42 Å². The Kier molecular flexibility index (Phi) is 10.6. The summed E-state index contributed by atoms with van der Waals surface area (Å²) in [4.78, 5) is 30.3. The Hall–Kier alpha value is -3.34. The monoisotopic (exact) mass is 575 g/mol. The minimum atomic E-state index is -0.288. The van der Waals surface area contributed by atoms with Gasteiger partial charge in [0.25, 0.3) is 11.8 Å². The van der Waals surface area contributed by atoms with E-state index in [1.807, 2.05) is 55.5 Å². The van der Waals surface area contributed by atoms with Gasteiger partial charge in [0.05, 0.1) is 12.8 Å². The van der Waals surface area contributed by atoms with E-state index < -0.39 is 0 Å². The number of benzene rings is 2. The maximum atomic E-state index is 12.1. The molecular formula is C25H30IN5O3. The molecule has 0 saturated carbocycles. The third kappa shape index (κ3) is 7.91. The molecule has 180 valence electrons. The van der Waals surface area contributed by atoms with E-state index in [9.17, 15) is 9.59 Å². The quantitative estimate of drug-likeness (QED) is 0.214. The van der Waals surface area contributed by atoms with Gasteiger partial charge in [-0.15, -0.1) is 24.0 Å². The Morgan fingerprint density at radius 2 is 1.62 bits per heavy atom. The first kappa shape index (κ1) is 26.9. The molecule has 0 fully saturated rings. The van der Waals surface area contributed by atoms with Gasteiger partial charge in [-0.05, 0) is 54.4 Å². The number of rotatable bonds is 8. The van der Waals surface area contributed by atoms with Crippen molar-refractivity contribution in [3.8, 4) is 0 Å². The summed E-state index contributed by atoms with van der Waals surface area (Å²) in [5, 5.41) is 9.33. The first-order valence-electron chi connectivity index (χ1n) is 10.7. The number of carbonyl (C=O) groups is 2. The van der Waals surface area contributed by atoms with Gasteiger partial charge in [-0.25, -0.2) is 4.99 Å². The summed E-state index contributed by atoms with van der Waals surface area (Å²) >= 11 is 0. The molecule has 0 aliphatic carbocycles. The van der Waals surface area contributed by atoms with Crippen molar-refractivity contribution in [2.45, 2.75) is 20.0 Å². The largest absolute Gasteiger partial charge is 0.459 e. The molecule has 0 unspecified atom stereocenters. The van der Waals surface area contributed by atoms with Gasteiger partial charge in [0.2, 0.25) is 0 Å². The van der Waals surface area contributed by atoms with Gasteiger partial charge in [-0.1, -0.05) is 24.3 Å². The normalized spacial score (nSPS) is 10.7. The second kappa shape index (κ2) is 13.4. The van der Waals surface area contributed by atoms with Crippen LogP contribution in [0.3, 0.4) is 0 Å². The number of halogens is 1. The molecule has 0 atom stereocenters. The number of amides is 2. The first-order chi connectivity index (χ1) is 16.0. The second-order valence-corrected chi connectivity index (χ2v) is 7.57. The van der Waals surface area contributed by atoms with Crippen LogP contribution in [0.1, 0.15) is 39.0 Å². The van der Waals surface area contributed by atoms with E-state index in [1.165, 1.54) is 6.26 Å². The van der Waals surface area contributed by atoms with Crippen LogP contribution in [0.4, 0.5) is 5.69 Å². The van der Waals surface area contributed by atoms with Crippen molar-refractivity contribution in [3.05, 3.63) is 89.4 Å². The van der Waals surface area contributed by atoms with Gasteiger partial charge in [0.15, 0.2) is 11.7 Å². The number of anilines is 1. The molecule has 34 heavy (non-hydrogen) atoms. The fourth-order valence-corrected chi connectivity index (χ4v) is 3.02. The molecular weight excluding hydrogens is 545 g/mol. The molecule has 1 heterocycles. The van der Waals surface area contributed by atoms with Gasteiger partial charge >= 0.3 is 0 Å². The number of nitrogens with one attached hydrogen (secondary N) is 3. The van der Waals surface area contributed by atoms with Crippen molar-refractivity contribution in [1.82, 2.24) is 15.5 Å². The molecule has 1 aromatic heterocycles. The van der Waals surface area contributed by atoms with Crippen LogP contribution < -0.4 is 16.0 Å². The van der Waals surface area contributed by atoms with E-state index >= 15 is 0 Å². The van der Waals surface area contributed by atoms with E-state index in [0.717, 1.165) is 17.7 Å². The lowest BCUT2D eigenvalue weighted by Gasteiger charge is -2.13. The van der Waals surface area contributed by atoms with Crippen molar-refractivity contribution in [2.24, 2.45) is 4.99 Å². The number of carbonyl (C=O) groups excluding carboxylic acids is 2. The third-order valence-corrected chi connectivity index (χ3v) is 4.79. The fourth-order valence-electron chi connectivity index (χ4n) is 3.02. The number of aliphatic imine (C=N–C) groups is 1. The zero-order chi connectivity index (χ0) is 23.6. The summed E-state index contributed by atoms with van der Waals surface area (Å²) in [6.07, 6.45) is 1.47. The maximum absolute atomic E-state index is 12.1. The first-order valence-corrected chi connectivity index (χ1v) is 10.7. The van der Waals surface area contributed by atoms with Crippen LogP contribution in [0, 0.1) is 0 Å². The van der Waals surface area contributed by atoms with Crippen molar-refractivity contribution in [2.75, 3.05) is 26.0 Å². The standard InChI is InChI=1S/C25H29N5O3.HI/c1-4-26-25(27-16-18-7-11-20(12-8-18)24(32)30(2)3)28-17-19-9-13-21(14-10-19)29-23(31)22-6-5-15-33-22;/h5-15H,4,16-17H2,1-3H3,(H,29,31)(H2,26,27,28);1H. The van der Waals surface area contributed by atoms with Crippen LogP contribution in [0.2, 0.25) is 0 Å². The summed E-state index contributed by atoms with van der Waals surface area (Å²) in [5.74, 6) is 0.657. The van der Waals surface area contributed by atoms with Crippen molar-refractivity contribution >= 4 is 47.4 Å². The topological polar surface area (TPSA) is 99.0 Å². The molecule has 2 amide bonds. The predicted octanol–water partition coefficient (Wildman–Crippen LogP) is 4.11. The molecule has 0 bridgehead atoms. The molecule has 0 radical (unpaired) electrons. The summed E-state index contributed by atoms with van der Waals surface area (Å²) in [6, 6.07) is 18.3. The van der Waals surface area contributed by atoms with Gasteiger partial charge in [0, 0.05) is 38.4 Å². The molecule has 3 rings (SSSR count). The summed E-state index contributed by atoms with van der Waals surface area (Å²) in [6.45, 7) is 3.81. The van der Waals surface area contributed by atoms with Gasteiger partial charge in [-0.3, -0.25) is 9.59 Å². The van der Waals surface area contributed by atoms with Crippen LogP contribution in [-0.4, -0.2) is 43.3 Å². The van der Waals surface area contributed by atoms with E-state index in [0.29, 0.717) is 30.3 Å². The number of hydrogen-bond donors (Lipinski definition) is 3. The fraction of sp³-hybridized carbons (Fsp3) is 0.240. The summed E-state index contributed by atoms with van der Waals surface area (Å²) in [5.41, 5.74) is 3.40. The van der Waals surface area contributed by atoms with E-state index in [-0.39, 0.29) is 41.6 Å². The smallest absolute Gasteiger partial charge is 0.291 e. The highest BCUT2D eigenvalue weighted by Gasteiger charge is 2.09. The zero-order valence-electron chi connectivity index (χ0n) is 19.5. The van der Waals surface area contributed by atoms with Gasteiger partial charge in [-0.2, -0.15) is 0 Å². The SMILES string of the molecule is CCNC(=NCc1ccc(NC(=O)c2ccco2)cc1)NCc1ccc(C(=O)N(C)C)cc1.I. The molecule has 0 saturated heterocycles. The number of nitrogens with zero attached hydrogens (tertiary/aromatic N) is 2. The van der Waals surface area contributed by atoms with E-state index in [2.05, 4.69) is 20.9 Å². The molecule has 0 aliphatic heterocycles. The Balaban J connectivity index is 0.00000408. The summed E-state index contributed by atoms with van der Waals surface area (Å²) in [7, 11) is 3.48. The highest BCUT2D eigenvalue weighted by atomic mass is 127. The molecule has 3 N–H and O–H groups in total. The lowest BCUT2D eigenvalue weighted by molar-refractivity contribution is 0.0827. The van der Waals surface area contributed by atoms with E-state index in [1.54, 1.807) is 31.1 Å². The second-order valence-electron chi connectivity index (χ2n) is 7.57. The number of hydrogen-bond acceptors (Lipinski definition) is 4. The highest BCUT2D eigenvalue weighted by molar-refractivity contribution is 14.0. The van der Waals surface area contributed by atoms with Crippen LogP contribution >= 0.6 is 24.0 Å². The minimum Gasteiger partial charge on any atom is -0.459 e. The molecule has 3 aromatic rings. The minimum absolute atomic E-state index is 0. The molecule has 8 nitrogen and oxygen atoms in total. The Morgan fingerprint density at radius 1 is 0.941 bits per heavy atom. The van der Waals surface area contributed by atoms with Crippen LogP contribution in [0.5, 0.6) is 0 Å². The zero-order valence-corrected chi connectivity index (χ0v) is 21.8. The molecule has 2 aromatic carbocycles.